The van der Waals surface area contributed by atoms with Crippen molar-refractivity contribution in [3.63, 3.8) is 0 Å². The van der Waals surface area contributed by atoms with Gasteiger partial charge < -0.3 is 9.97 Å². The number of hydrogen-bond acceptors (Lipinski definition) is 4. The third kappa shape index (κ3) is 7.83. The van der Waals surface area contributed by atoms with E-state index >= 15 is 0 Å². The molecule has 3 aromatic heterocycles. The lowest BCUT2D eigenvalue weighted by Gasteiger charge is -2.07. The minimum absolute atomic E-state index is 0.833. The molecule has 0 fully saturated rings. The van der Waals surface area contributed by atoms with Crippen molar-refractivity contribution in [1.29, 1.82) is 0 Å². The number of nitrogens with zero attached hydrogens (tertiary/aromatic N) is 4. The van der Waals surface area contributed by atoms with Gasteiger partial charge in [-0.1, -0.05) is 182 Å². The van der Waals surface area contributed by atoms with Gasteiger partial charge in [-0.15, -0.1) is 0 Å². The maximum atomic E-state index is 5.51. The Balaban J connectivity index is 1.20. The molecule has 0 amide bonds. The largest absolute Gasteiger partial charge is 0.354 e. The van der Waals surface area contributed by atoms with Gasteiger partial charge in [0.1, 0.15) is 0 Å². The summed E-state index contributed by atoms with van der Waals surface area (Å²) < 4.78 is 0. The van der Waals surface area contributed by atoms with Crippen LogP contribution < -0.4 is 0 Å². The zero-order chi connectivity index (χ0) is 47.8. The van der Waals surface area contributed by atoms with Crippen molar-refractivity contribution in [1.82, 2.24) is 19.9 Å². The van der Waals surface area contributed by atoms with Gasteiger partial charge in [0.05, 0.1) is 34.2 Å². The minimum Gasteiger partial charge on any atom is -0.354 e. The average molecular weight is 921 g/mol. The molecule has 0 saturated carbocycles. The Hall–Kier alpha value is -9.78. The SMILES string of the molecule is C1=Cc2nc1c(-c1ccccc1)c1cc(c(-c3ccccc3)c3ccc([nH]3)c(-c3ccccc3)c3nc(c(-c4ccccc4)c4cc(c(-c5ccccc5)c5ccc([nH]5)c2-c2ccccc2)C=N4)C=C3)C=N1. The van der Waals surface area contributed by atoms with E-state index in [0.717, 1.165) is 134 Å². The number of fused-ring (bicyclic) bond motifs is 12. The first-order valence-electron chi connectivity index (χ1n) is 24.2. The van der Waals surface area contributed by atoms with Crippen LogP contribution in [0.5, 0.6) is 0 Å². The number of benzene rings is 6. The number of H-pyrrole nitrogens is 2. The van der Waals surface area contributed by atoms with Crippen molar-refractivity contribution in [3.8, 4) is 66.8 Å². The van der Waals surface area contributed by atoms with Crippen molar-refractivity contribution in [2.24, 2.45) is 9.98 Å². The average Bonchev–Trinajstić information content (AvgIpc) is 4.32. The third-order valence-corrected chi connectivity index (χ3v) is 13.5. The first-order valence-corrected chi connectivity index (χ1v) is 24.2. The maximum Gasteiger partial charge on any atom is 0.0738 e. The van der Waals surface area contributed by atoms with Crippen LogP contribution in [-0.2, 0) is 0 Å². The molecule has 0 atom stereocenters. The van der Waals surface area contributed by atoms with Gasteiger partial charge in [-0.2, -0.15) is 0 Å². The molecule has 0 saturated heterocycles. The lowest BCUT2D eigenvalue weighted by atomic mass is 10.00. The lowest BCUT2D eigenvalue weighted by molar-refractivity contribution is 1.31. The number of aromatic nitrogens is 4. The van der Waals surface area contributed by atoms with Crippen LogP contribution in [0.4, 0.5) is 11.4 Å². The van der Waals surface area contributed by atoms with Crippen LogP contribution in [0.3, 0.4) is 0 Å². The van der Waals surface area contributed by atoms with Crippen LogP contribution in [0.15, 0.2) is 228 Å². The Kier molecular flexibility index (Phi) is 10.7. The van der Waals surface area contributed by atoms with Crippen LogP contribution >= 0.6 is 0 Å². The topological polar surface area (TPSA) is 82.1 Å². The third-order valence-electron chi connectivity index (χ3n) is 13.5. The highest BCUT2D eigenvalue weighted by molar-refractivity contribution is 6.06. The van der Waals surface area contributed by atoms with E-state index in [1.165, 1.54) is 0 Å². The summed E-state index contributed by atoms with van der Waals surface area (Å²) in [7, 11) is 0. The fourth-order valence-electron chi connectivity index (χ4n) is 10.2. The van der Waals surface area contributed by atoms with Crippen molar-refractivity contribution in [2.75, 3.05) is 0 Å². The Morgan fingerprint density at radius 3 is 0.806 bits per heavy atom. The van der Waals surface area contributed by atoms with E-state index < -0.39 is 0 Å². The van der Waals surface area contributed by atoms with Gasteiger partial charge in [-0.3, -0.25) is 9.98 Å². The standard InChI is InChI=1S/C66H44N6/c1-7-19-43(20-8-1)61-49-39-59(67-41-49)65(47-27-15-5-16-28-47)57-37-36-56(72-57)64(46-25-13-4-14-26-46)54-34-32-52(70-54)62(44-21-9-2-10-22-44)50-40-60(68-42-50)66(48-29-17-6-18-30-48)58-38-35-55(71-58)63(45-23-11-3-12-24-45)53-33-31-51(61)69-53/h1-42,69-70H. The van der Waals surface area contributed by atoms with E-state index in [1.54, 1.807) is 0 Å². The quantitative estimate of drug-likeness (QED) is 0.174. The molecular weight excluding hydrogens is 877 g/mol. The Morgan fingerprint density at radius 1 is 0.250 bits per heavy atom. The number of rotatable bonds is 6. The number of nitrogens with one attached hydrogen (secondary N) is 2. The summed E-state index contributed by atoms with van der Waals surface area (Å²) in [6.07, 6.45) is 12.5. The van der Waals surface area contributed by atoms with Crippen LogP contribution in [0.2, 0.25) is 0 Å². The Labute approximate surface area is 417 Å². The highest BCUT2D eigenvalue weighted by Crippen LogP contribution is 2.43. The summed E-state index contributed by atoms with van der Waals surface area (Å²) in [5.41, 5.74) is 23.1. The van der Waals surface area contributed by atoms with Crippen molar-refractivity contribution in [3.05, 3.63) is 252 Å². The summed E-state index contributed by atoms with van der Waals surface area (Å²) in [5, 5.41) is 0. The molecule has 2 N–H and O–H groups in total. The molecule has 6 nitrogen and oxygen atoms in total. The molecule has 6 aromatic carbocycles. The zero-order valence-corrected chi connectivity index (χ0v) is 39.0. The summed E-state index contributed by atoms with van der Waals surface area (Å²) in [6.45, 7) is 0. The maximum absolute atomic E-state index is 5.51. The molecule has 0 aliphatic carbocycles. The van der Waals surface area contributed by atoms with Gasteiger partial charge in [0.25, 0.3) is 0 Å². The molecule has 13 rings (SSSR count). The minimum atomic E-state index is 0.833. The second kappa shape index (κ2) is 18.3. The molecular formula is C66H44N6. The van der Waals surface area contributed by atoms with E-state index in [9.17, 15) is 0 Å². The van der Waals surface area contributed by atoms with Crippen LogP contribution in [0.25, 0.3) is 113 Å². The van der Waals surface area contributed by atoms with Gasteiger partial charge >= 0.3 is 0 Å². The second-order valence-corrected chi connectivity index (χ2v) is 17.9. The first kappa shape index (κ1) is 42.3. The molecule has 9 aromatic rings. The van der Waals surface area contributed by atoms with Gasteiger partial charge in [0, 0.05) is 79.0 Å². The Morgan fingerprint density at radius 2 is 0.500 bits per heavy atom. The van der Waals surface area contributed by atoms with Gasteiger partial charge in [-0.05, 0) is 94.1 Å². The highest BCUT2D eigenvalue weighted by Gasteiger charge is 2.21. The van der Waals surface area contributed by atoms with Gasteiger partial charge in [-0.25, -0.2) is 9.97 Å². The molecule has 12 bridgehead atoms. The molecule has 72 heavy (non-hydrogen) atoms. The molecule has 338 valence electrons. The van der Waals surface area contributed by atoms with Crippen LogP contribution in [0, 0.1) is 0 Å². The molecule has 0 spiro atoms. The van der Waals surface area contributed by atoms with Crippen molar-refractivity contribution in [2.45, 2.75) is 0 Å². The first-order chi connectivity index (χ1) is 35.7. The van der Waals surface area contributed by atoms with Crippen molar-refractivity contribution < 1.29 is 0 Å². The van der Waals surface area contributed by atoms with Crippen LogP contribution in [0.1, 0.15) is 33.9 Å². The molecule has 7 heterocycles. The fourth-order valence-corrected chi connectivity index (χ4v) is 10.2. The van der Waals surface area contributed by atoms with Crippen LogP contribution in [-0.4, -0.2) is 32.4 Å². The van der Waals surface area contributed by atoms with Gasteiger partial charge in [0.2, 0.25) is 0 Å². The molecule has 6 heteroatoms. The molecule has 4 aliphatic heterocycles. The monoisotopic (exact) mass is 920 g/mol. The van der Waals surface area contributed by atoms with E-state index in [4.69, 9.17) is 20.0 Å². The van der Waals surface area contributed by atoms with E-state index in [-0.39, 0.29) is 0 Å². The predicted octanol–water partition coefficient (Wildman–Crippen LogP) is 17.0. The smallest absolute Gasteiger partial charge is 0.0738 e. The van der Waals surface area contributed by atoms with E-state index in [1.807, 2.05) is 24.6 Å². The van der Waals surface area contributed by atoms with Gasteiger partial charge in [0.15, 0.2) is 0 Å². The number of hydrogen-bond donors (Lipinski definition) is 2. The number of aromatic amines is 2. The van der Waals surface area contributed by atoms with E-state index in [0.29, 0.717) is 0 Å². The molecule has 0 radical (unpaired) electrons. The fraction of sp³-hybridized carbons (Fsp3) is 0. The summed E-state index contributed by atoms with van der Waals surface area (Å²) in [4.78, 5) is 29.2. The predicted molar refractivity (Wildman–Crippen MR) is 301 cm³/mol. The normalized spacial score (nSPS) is 12.2. The second-order valence-electron chi connectivity index (χ2n) is 17.9. The number of aliphatic imine (C=N–C) groups is 2. The summed E-state index contributed by atoms with van der Waals surface area (Å²) in [5.74, 6) is 0. The molecule has 0 unspecified atom stereocenters. The zero-order valence-electron chi connectivity index (χ0n) is 39.0. The summed E-state index contributed by atoms with van der Waals surface area (Å²) in [6, 6.07) is 76.2. The Bertz CT molecular complexity index is 3550. The summed E-state index contributed by atoms with van der Waals surface area (Å²) >= 11 is 0. The lowest BCUT2D eigenvalue weighted by Crippen LogP contribution is -1.88. The van der Waals surface area contributed by atoms with E-state index in [2.05, 4.69) is 241 Å². The van der Waals surface area contributed by atoms with Crippen molar-refractivity contribution >= 4 is 70.2 Å². The highest BCUT2D eigenvalue weighted by atomic mass is 14.8. The molecule has 4 aliphatic rings.